The Morgan fingerprint density at radius 1 is 1.31 bits per heavy atom. The van der Waals surface area contributed by atoms with Gasteiger partial charge in [0.05, 0.1) is 0 Å². The lowest BCUT2D eigenvalue weighted by Crippen LogP contribution is -2.50. The largest absolute Gasteiger partial charge is 0.459 e. The Morgan fingerprint density at radius 2 is 1.81 bits per heavy atom. The third-order valence-electron chi connectivity index (χ3n) is 3.54. The summed E-state index contributed by atoms with van der Waals surface area (Å²) in [7, 11) is 0. The lowest BCUT2D eigenvalue weighted by Gasteiger charge is -2.28. The summed E-state index contributed by atoms with van der Waals surface area (Å²) in [4.78, 5) is 12.0. The van der Waals surface area contributed by atoms with Gasteiger partial charge in [-0.25, -0.2) is 0 Å². The van der Waals surface area contributed by atoms with Gasteiger partial charge in [0.25, 0.3) is 0 Å². The van der Waals surface area contributed by atoms with E-state index >= 15 is 0 Å². The normalized spacial score (nSPS) is 38.5. The van der Waals surface area contributed by atoms with Crippen LogP contribution in [0.2, 0.25) is 0 Å². The first kappa shape index (κ1) is 11.9. The van der Waals surface area contributed by atoms with Crippen molar-refractivity contribution in [2.75, 3.05) is 13.1 Å². The molecule has 2 atom stereocenters. The number of carbonyl (C=O) groups excluding carboxylic acids is 1. The van der Waals surface area contributed by atoms with Gasteiger partial charge in [-0.2, -0.15) is 0 Å². The van der Waals surface area contributed by atoms with Crippen molar-refractivity contribution in [2.24, 2.45) is 17.6 Å². The summed E-state index contributed by atoms with van der Waals surface area (Å²) in [6.07, 6.45) is 1.53. The molecule has 4 nitrogen and oxygen atoms in total. The molecule has 0 amide bonds. The standard InChI is InChI=1S/C12H22N2O2/c1-11(2,3)16-10(15)12(13)4-8-6-14-7-9(8)5-12/h8-9,14H,4-7,13H2,1-3H3. The van der Waals surface area contributed by atoms with Gasteiger partial charge in [0.1, 0.15) is 11.1 Å². The van der Waals surface area contributed by atoms with Crippen LogP contribution in [-0.2, 0) is 9.53 Å². The highest BCUT2D eigenvalue weighted by Gasteiger charge is 2.50. The summed E-state index contributed by atoms with van der Waals surface area (Å²) in [6.45, 7) is 7.63. The molecule has 0 bridgehead atoms. The SMILES string of the molecule is CC(C)(C)OC(=O)C1(N)CC2CNCC2C1. The maximum atomic E-state index is 12.0. The van der Waals surface area contributed by atoms with E-state index in [4.69, 9.17) is 10.5 Å². The van der Waals surface area contributed by atoms with E-state index in [1.807, 2.05) is 20.8 Å². The molecular formula is C12H22N2O2. The molecule has 16 heavy (non-hydrogen) atoms. The smallest absolute Gasteiger partial charge is 0.326 e. The van der Waals surface area contributed by atoms with Gasteiger partial charge in [0.15, 0.2) is 0 Å². The van der Waals surface area contributed by atoms with E-state index in [9.17, 15) is 4.79 Å². The summed E-state index contributed by atoms with van der Waals surface area (Å²) >= 11 is 0. The zero-order valence-corrected chi connectivity index (χ0v) is 10.4. The van der Waals surface area contributed by atoms with Crippen molar-refractivity contribution >= 4 is 5.97 Å². The zero-order chi connectivity index (χ0) is 12.0. The fraction of sp³-hybridized carbons (Fsp3) is 0.917. The van der Waals surface area contributed by atoms with Crippen LogP contribution in [-0.4, -0.2) is 30.2 Å². The Bertz CT molecular complexity index is 284. The maximum absolute atomic E-state index is 12.0. The first-order valence-corrected chi connectivity index (χ1v) is 6.03. The van der Waals surface area contributed by atoms with Crippen LogP contribution in [0.4, 0.5) is 0 Å². The van der Waals surface area contributed by atoms with Crippen molar-refractivity contribution in [3.63, 3.8) is 0 Å². The van der Waals surface area contributed by atoms with Crippen LogP contribution in [0.1, 0.15) is 33.6 Å². The molecule has 1 heterocycles. The van der Waals surface area contributed by atoms with Crippen LogP contribution in [0.25, 0.3) is 0 Å². The van der Waals surface area contributed by atoms with Gasteiger partial charge in [0.2, 0.25) is 0 Å². The number of hydrogen-bond acceptors (Lipinski definition) is 4. The van der Waals surface area contributed by atoms with Gasteiger partial charge in [-0.05, 0) is 58.5 Å². The second-order valence-electron chi connectivity index (χ2n) is 6.24. The van der Waals surface area contributed by atoms with E-state index in [1.165, 1.54) is 0 Å². The number of nitrogens with two attached hydrogens (primary N) is 1. The molecule has 0 radical (unpaired) electrons. The number of hydrogen-bond donors (Lipinski definition) is 2. The number of esters is 1. The molecular weight excluding hydrogens is 204 g/mol. The summed E-state index contributed by atoms with van der Waals surface area (Å²) in [5.74, 6) is 0.879. The van der Waals surface area contributed by atoms with Crippen LogP contribution in [0.15, 0.2) is 0 Å². The van der Waals surface area contributed by atoms with E-state index in [0.717, 1.165) is 25.9 Å². The Hall–Kier alpha value is -0.610. The molecule has 92 valence electrons. The number of carbonyl (C=O) groups is 1. The fourth-order valence-electron chi connectivity index (χ4n) is 2.83. The average molecular weight is 226 g/mol. The van der Waals surface area contributed by atoms with Crippen molar-refractivity contribution in [1.29, 1.82) is 0 Å². The maximum Gasteiger partial charge on any atom is 0.326 e. The van der Waals surface area contributed by atoms with Crippen molar-refractivity contribution in [3.8, 4) is 0 Å². The fourth-order valence-corrected chi connectivity index (χ4v) is 2.83. The molecule has 0 aromatic heterocycles. The third kappa shape index (κ3) is 2.23. The van der Waals surface area contributed by atoms with Gasteiger partial charge < -0.3 is 15.8 Å². The summed E-state index contributed by atoms with van der Waals surface area (Å²) in [6, 6.07) is 0. The van der Waals surface area contributed by atoms with E-state index in [2.05, 4.69) is 5.32 Å². The highest BCUT2D eigenvalue weighted by molar-refractivity contribution is 5.81. The summed E-state index contributed by atoms with van der Waals surface area (Å²) in [5, 5.41) is 3.34. The molecule has 4 heteroatoms. The molecule has 1 saturated carbocycles. The third-order valence-corrected chi connectivity index (χ3v) is 3.54. The molecule has 1 aliphatic carbocycles. The Balaban J connectivity index is 2.01. The van der Waals surface area contributed by atoms with Crippen LogP contribution in [0.3, 0.4) is 0 Å². The van der Waals surface area contributed by atoms with Gasteiger partial charge in [-0.3, -0.25) is 4.79 Å². The molecule has 0 spiro atoms. The van der Waals surface area contributed by atoms with Crippen molar-refractivity contribution in [3.05, 3.63) is 0 Å². The van der Waals surface area contributed by atoms with Crippen molar-refractivity contribution in [1.82, 2.24) is 5.32 Å². The van der Waals surface area contributed by atoms with E-state index in [1.54, 1.807) is 0 Å². The molecule has 1 saturated heterocycles. The minimum absolute atomic E-state index is 0.227. The molecule has 2 rings (SSSR count). The van der Waals surface area contributed by atoms with Gasteiger partial charge in [-0.15, -0.1) is 0 Å². The van der Waals surface area contributed by atoms with Crippen molar-refractivity contribution < 1.29 is 9.53 Å². The lowest BCUT2D eigenvalue weighted by molar-refractivity contribution is -0.161. The molecule has 2 fully saturated rings. The minimum Gasteiger partial charge on any atom is -0.459 e. The lowest BCUT2D eigenvalue weighted by atomic mass is 9.96. The summed E-state index contributed by atoms with van der Waals surface area (Å²) in [5.41, 5.74) is 5.01. The Kier molecular flexibility index (Phi) is 2.75. The van der Waals surface area contributed by atoms with Crippen LogP contribution in [0.5, 0.6) is 0 Å². The number of fused-ring (bicyclic) bond motifs is 1. The van der Waals surface area contributed by atoms with Crippen LogP contribution >= 0.6 is 0 Å². The van der Waals surface area contributed by atoms with Crippen molar-refractivity contribution in [2.45, 2.75) is 44.8 Å². The predicted molar refractivity (Wildman–Crippen MR) is 61.8 cm³/mol. The molecule has 0 aromatic carbocycles. The molecule has 3 N–H and O–H groups in total. The topological polar surface area (TPSA) is 64.3 Å². The first-order valence-electron chi connectivity index (χ1n) is 6.03. The van der Waals surface area contributed by atoms with Gasteiger partial charge in [-0.1, -0.05) is 0 Å². The Labute approximate surface area is 96.9 Å². The highest BCUT2D eigenvalue weighted by atomic mass is 16.6. The van der Waals surface area contributed by atoms with Gasteiger partial charge >= 0.3 is 5.97 Å². The average Bonchev–Trinajstić information content (AvgIpc) is 2.58. The minimum atomic E-state index is -0.745. The quantitative estimate of drug-likeness (QED) is 0.645. The highest BCUT2D eigenvalue weighted by Crippen LogP contribution is 2.40. The number of ether oxygens (including phenoxy) is 1. The molecule has 2 aliphatic rings. The molecule has 1 aliphatic heterocycles. The molecule has 2 unspecified atom stereocenters. The number of rotatable bonds is 1. The Morgan fingerprint density at radius 3 is 2.25 bits per heavy atom. The van der Waals surface area contributed by atoms with E-state index in [0.29, 0.717) is 11.8 Å². The second kappa shape index (κ2) is 3.70. The van der Waals surface area contributed by atoms with Crippen LogP contribution in [0, 0.1) is 11.8 Å². The van der Waals surface area contributed by atoms with E-state index < -0.39 is 11.1 Å². The summed E-state index contributed by atoms with van der Waals surface area (Å²) < 4.78 is 5.41. The second-order valence-corrected chi connectivity index (χ2v) is 6.24. The number of nitrogens with one attached hydrogen (secondary N) is 1. The van der Waals surface area contributed by atoms with E-state index in [-0.39, 0.29) is 5.97 Å². The predicted octanol–water partition coefficient (Wildman–Crippen LogP) is 0.655. The zero-order valence-electron chi connectivity index (χ0n) is 10.4. The first-order chi connectivity index (χ1) is 7.30. The monoisotopic (exact) mass is 226 g/mol. The molecule has 0 aromatic rings. The van der Waals surface area contributed by atoms with Crippen LogP contribution < -0.4 is 11.1 Å². The van der Waals surface area contributed by atoms with Gasteiger partial charge in [0, 0.05) is 0 Å².